The molecule has 0 aliphatic rings. The van der Waals surface area contributed by atoms with Gasteiger partial charge in [-0.1, -0.05) is 29.3 Å². The summed E-state index contributed by atoms with van der Waals surface area (Å²) in [5, 5.41) is 14.8. The summed E-state index contributed by atoms with van der Waals surface area (Å²) in [6, 6.07) is 10.7. The van der Waals surface area contributed by atoms with Gasteiger partial charge in [-0.3, -0.25) is 9.52 Å². The number of tetrazole rings is 1. The van der Waals surface area contributed by atoms with E-state index in [9.17, 15) is 13.2 Å². The Morgan fingerprint density at radius 3 is 2.48 bits per heavy atom. The van der Waals surface area contributed by atoms with E-state index in [0.717, 1.165) is 4.68 Å². The van der Waals surface area contributed by atoms with Crippen molar-refractivity contribution in [2.75, 3.05) is 4.72 Å². The summed E-state index contributed by atoms with van der Waals surface area (Å²) < 4.78 is 30.8. The first-order valence-electron chi connectivity index (χ1n) is 8.67. The Kier molecular flexibility index (Phi) is 5.48. The van der Waals surface area contributed by atoms with Crippen LogP contribution in [0.3, 0.4) is 0 Å². The van der Waals surface area contributed by atoms with Gasteiger partial charge in [-0.25, -0.2) is 13.1 Å². The SMILES string of the molecule is Cc1c(NS(=O)(=O)c2ccc(-n3ncc(Cl)c(Cl)c3=O)cc2)cccc1-n1cnnn1. The van der Waals surface area contributed by atoms with Crippen molar-refractivity contribution in [2.24, 2.45) is 0 Å². The molecule has 1 N–H and O–H groups in total. The van der Waals surface area contributed by atoms with Gasteiger partial charge in [0, 0.05) is 0 Å². The topological polar surface area (TPSA) is 125 Å². The number of sulfonamides is 1. The quantitative estimate of drug-likeness (QED) is 0.468. The molecule has 0 aliphatic heterocycles. The fourth-order valence-corrected chi connectivity index (χ4v) is 4.20. The first-order chi connectivity index (χ1) is 14.8. The van der Waals surface area contributed by atoms with E-state index >= 15 is 0 Å². The minimum Gasteiger partial charge on any atom is -0.279 e. The monoisotopic (exact) mass is 477 g/mol. The van der Waals surface area contributed by atoms with Gasteiger partial charge in [-0.2, -0.15) is 9.78 Å². The lowest BCUT2D eigenvalue weighted by Gasteiger charge is -2.13. The lowest BCUT2D eigenvalue weighted by atomic mass is 10.1. The average molecular weight is 478 g/mol. The maximum Gasteiger partial charge on any atom is 0.291 e. The van der Waals surface area contributed by atoms with E-state index in [1.807, 2.05) is 0 Å². The molecule has 0 saturated heterocycles. The number of halogens is 2. The number of anilines is 1. The van der Waals surface area contributed by atoms with E-state index in [1.165, 1.54) is 41.5 Å². The summed E-state index contributed by atoms with van der Waals surface area (Å²) in [4.78, 5) is 12.2. The van der Waals surface area contributed by atoms with Crippen molar-refractivity contribution in [1.82, 2.24) is 30.0 Å². The smallest absolute Gasteiger partial charge is 0.279 e. The molecular formula is C18H13Cl2N7O3S. The summed E-state index contributed by atoms with van der Waals surface area (Å²) in [6.07, 6.45) is 2.65. The lowest BCUT2D eigenvalue weighted by Crippen LogP contribution is -2.21. The molecule has 0 fully saturated rings. The molecule has 0 amide bonds. The molecule has 2 aromatic heterocycles. The summed E-state index contributed by atoms with van der Waals surface area (Å²) >= 11 is 11.7. The van der Waals surface area contributed by atoms with Crippen molar-refractivity contribution in [3.63, 3.8) is 0 Å². The zero-order chi connectivity index (χ0) is 22.2. The lowest BCUT2D eigenvalue weighted by molar-refractivity contribution is 0.601. The van der Waals surface area contributed by atoms with Crippen LogP contribution in [0.1, 0.15) is 5.56 Å². The minimum absolute atomic E-state index is 0.00316. The molecule has 2 aromatic carbocycles. The fraction of sp³-hybridized carbons (Fsp3) is 0.0556. The molecule has 2 heterocycles. The predicted octanol–water partition coefficient (Wildman–Crippen LogP) is 2.62. The molecule has 158 valence electrons. The van der Waals surface area contributed by atoms with E-state index in [4.69, 9.17) is 23.2 Å². The Bertz CT molecular complexity index is 1420. The van der Waals surface area contributed by atoms with Gasteiger partial charge < -0.3 is 0 Å². The summed E-state index contributed by atoms with van der Waals surface area (Å²) in [5.41, 5.74) is 1.36. The zero-order valence-corrected chi connectivity index (χ0v) is 18.1. The van der Waals surface area contributed by atoms with Gasteiger partial charge in [-0.05, 0) is 59.3 Å². The van der Waals surface area contributed by atoms with Gasteiger partial charge >= 0.3 is 0 Å². The van der Waals surface area contributed by atoms with Crippen molar-refractivity contribution in [2.45, 2.75) is 11.8 Å². The Balaban J connectivity index is 1.64. The molecule has 0 saturated carbocycles. The van der Waals surface area contributed by atoms with Gasteiger partial charge in [-0.15, -0.1) is 5.10 Å². The van der Waals surface area contributed by atoms with Crippen molar-refractivity contribution >= 4 is 38.9 Å². The molecule has 0 radical (unpaired) electrons. The number of benzene rings is 2. The predicted molar refractivity (Wildman–Crippen MR) is 115 cm³/mol. The molecule has 0 unspecified atom stereocenters. The highest BCUT2D eigenvalue weighted by Crippen LogP contribution is 2.25. The molecule has 0 aliphatic carbocycles. The van der Waals surface area contributed by atoms with E-state index in [0.29, 0.717) is 22.6 Å². The number of aromatic nitrogens is 6. The third-order valence-corrected chi connectivity index (χ3v) is 6.54. The largest absolute Gasteiger partial charge is 0.291 e. The number of hydrogen-bond acceptors (Lipinski definition) is 7. The first-order valence-corrected chi connectivity index (χ1v) is 10.9. The average Bonchev–Trinajstić information content (AvgIpc) is 3.28. The van der Waals surface area contributed by atoms with E-state index < -0.39 is 15.6 Å². The Morgan fingerprint density at radius 2 is 1.81 bits per heavy atom. The van der Waals surface area contributed by atoms with Crippen LogP contribution in [0.15, 0.2) is 64.7 Å². The molecule has 4 aromatic rings. The molecule has 0 atom stereocenters. The maximum absolute atomic E-state index is 12.9. The zero-order valence-electron chi connectivity index (χ0n) is 15.8. The van der Waals surface area contributed by atoms with E-state index in [-0.39, 0.29) is 14.9 Å². The van der Waals surface area contributed by atoms with Crippen molar-refractivity contribution < 1.29 is 8.42 Å². The molecular weight excluding hydrogens is 465 g/mol. The molecule has 13 heteroatoms. The van der Waals surface area contributed by atoms with Gasteiger partial charge in [0.1, 0.15) is 11.3 Å². The van der Waals surface area contributed by atoms with Crippen LogP contribution in [0.2, 0.25) is 10.0 Å². The van der Waals surface area contributed by atoms with Crippen LogP contribution in [0, 0.1) is 6.92 Å². The van der Waals surface area contributed by atoms with Gasteiger partial charge in [0.15, 0.2) is 0 Å². The molecule has 0 bridgehead atoms. The van der Waals surface area contributed by atoms with E-state index in [2.05, 4.69) is 25.3 Å². The molecule has 0 spiro atoms. The van der Waals surface area contributed by atoms with Crippen LogP contribution in [0.5, 0.6) is 0 Å². The second-order valence-electron chi connectivity index (χ2n) is 6.33. The van der Waals surface area contributed by atoms with E-state index in [1.54, 1.807) is 25.1 Å². The van der Waals surface area contributed by atoms with Crippen molar-refractivity contribution in [3.8, 4) is 11.4 Å². The summed E-state index contributed by atoms with van der Waals surface area (Å²) in [5.74, 6) is 0. The second kappa shape index (κ2) is 8.10. The maximum atomic E-state index is 12.9. The van der Waals surface area contributed by atoms with Gasteiger partial charge in [0.25, 0.3) is 15.6 Å². The van der Waals surface area contributed by atoms with Crippen molar-refractivity contribution in [3.05, 3.63) is 81.0 Å². The Hall–Kier alpha value is -3.28. The van der Waals surface area contributed by atoms with Crippen molar-refractivity contribution in [1.29, 1.82) is 0 Å². The second-order valence-corrected chi connectivity index (χ2v) is 8.79. The minimum atomic E-state index is -3.91. The third kappa shape index (κ3) is 4.02. The summed E-state index contributed by atoms with van der Waals surface area (Å²) in [6.45, 7) is 1.75. The molecule has 10 nitrogen and oxygen atoms in total. The highest BCUT2D eigenvalue weighted by molar-refractivity contribution is 7.92. The highest BCUT2D eigenvalue weighted by Gasteiger charge is 2.18. The highest BCUT2D eigenvalue weighted by atomic mass is 35.5. The standard InChI is InChI=1S/C18H13Cl2N7O3S/c1-11-15(3-2-4-16(11)26-10-21-24-25-26)23-31(29,30)13-7-5-12(6-8-13)27-18(28)17(20)14(19)9-22-27/h2-10,23H,1H3. The van der Waals surface area contributed by atoms with Gasteiger partial charge in [0.2, 0.25) is 0 Å². The normalized spacial score (nSPS) is 11.5. The van der Waals surface area contributed by atoms with Crippen LogP contribution in [0.25, 0.3) is 11.4 Å². The third-order valence-electron chi connectivity index (χ3n) is 4.41. The van der Waals surface area contributed by atoms with Crippen LogP contribution in [-0.2, 0) is 10.0 Å². The summed E-state index contributed by atoms with van der Waals surface area (Å²) in [7, 11) is -3.91. The number of nitrogens with zero attached hydrogens (tertiary/aromatic N) is 6. The first kappa shape index (κ1) is 21.0. The molecule has 4 rings (SSSR count). The Labute approximate surface area is 186 Å². The van der Waals surface area contributed by atoms with Crippen LogP contribution in [-0.4, -0.2) is 38.4 Å². The van der Waals surface area contributed by atoms with Crippen LogP contribution in [0.4, 0.5) is 5.69 Å². The number of hydrogen-bond donors (Lipinski definition) is 1. The molecule has 31 heavy (non-hydrogen) atoms. The van der Waals surface area contributed by atoms with Crippen LogP contribution < -0.4 is 10.3 Å². The Morgan fingerprint density at radius 1 is 1.06 bits per heavy atom. The fourth-order valence-electron chi connectivity index (χ4n) is 2.82. The number of nitrogens with one attached hydrogen (secondary N) is 1. The number of rotatable bonds is 5. The van der Waals surface area contributed by atoms with Crippen LogP contribution >= 0.6 is 23.2 Å². The van der Waals surface area contributed by atoms with Gasteiger partial charge in [0.05, 0.1) is 33.2 Å².